The van der Waals surface area contributed by atoms with Gasteiger partial charge in [0.2, 0.25) is 17.8 Å². The number of methoxy groups -OCH3 is 3. The highest BCUT2D eigenvalue weighted by molar-refractivity contribution is 6.02. The van der Waals surface area contributed by atoms with Crippen LogP contribution in [0.2, 0.25) is 0 Å². The van der Waals surface area contributed by atoms with E-state index in [0.29, 0.717) is 88.9 Å². The van der Waals surface area contributed by atoms with Gasteiger partial charge in [0.25, 0.3) is 0 Å². The van der Waals surface area contributed by atoms with Gasteiger partial charge in [0, 0.05) is 39.3 Å². The minimum Gasteiger partial charge on any atom is -0.497 e. The summed E-state index contributed by atoms with van der Waals surface area (Å²) in [6, 6.07) is 37.3. The molecule has 0 N–H and O–H groups in total. The number of hydrogen-bond donors (Lipinski definition) is 0. The number of rotatable bonds is 17. The fraction of sp³-hybridized carbons (Fsp3) is 0.238. The third-order valence-electron chi connectivity index (χ3n) is 14.4. The van der Waals surface area contributed by atoms with Gasteiger partial charge >= 0.3 is 18.0 Å². The molecule has 0 fully saturated rings. The van der Waals surface area contributed by atoms with Gasteiger partial charge in [-0.05, 0) is 121 Å². The molecule has 0 unspecified atom stereocenters. The molecular formula is C63H56F7N9O7. The van der Waals surface area contributed by atoms with Crippen LogP contribution in [0, 0.1) is 19.7 Å². The molecule has 16 nitrogen and oxygen atoms in total. The van der Waals surface area contributed by atoms with Crippen molar-refractivity contribution in [2.75, 3.05) is 43.1 Å². The van der Waals surface area contributed by atoms with Crippen molar-refractivity contribution in [2.24, 2.45) is 7.05 Å². The molecule has 0 bridgehead atoms. The Balaban J connectivity index is 0.000000193. The van der Waals surface area contributed by atoms with E-state index in [1.165, 1.54) is 34.7 Å². The average molecular weight is 1180 g/mol. The predicted molar refractivity (Wildman–Crippen MR) is 307 cm³/mol. The summed E-state index contributed by atoms with van der Waals surface area (Å²) >= 11 is 0. The number of nitrogens with zero attached hydrogens (tertiary/aromatic N) is 9. The zero-order valence-electron chi connectivity index (χ0n) is 47.6. The van der Waals surface area contributed by atoms with Gasteiger partial charge in [-0.15, -0.1) is 0 Å². The Bertz CT molecular complexity index is 4090. The Labute approximate surface area is 488 Å². The number of aromatic nitrogens is 6. The predicted octanol–water partition coefficient (Wildman–Crippen LogP) is 12.9. The van der Waals surface area contributed by atoms with E-state index >= 15 is 0 Å². The number of amides is 1. The van der Waals surface area contributed by atoms with Crippen LogP contribution in [-0.2, 0) is 63.3 Å². The van der Waals surface area contributed by atoms with Gasteiger partial charge in [0.05, 0.1) is 52.0 Å². The average Bonchev–Trinajstić information content (AvgIpc) is 1.67. The Morgan fingerprint density at radius 3 is 1.62 bits per heavy atom. The fourth-order valence-electron chi connectivity index (χ4n) is 10.0. The van der Waals surface area contributed by atoms with Gasteiger partial charge < -0.3 is 32.8 Å². The normalized spacial score (nSPS) is 12.3. The molecule has 444 valence electrons. The van der Waals surface area contributed by atoms with Gasteiger partial charge in [-0.2, -0.15) is 36.3 Å². The molecule has 5 aromatic carbocycles. The van der Waals surface area contributed by atoms with E-state index in [9.17, 15) is 40.3 Å². The van der Waals surface area contributed by atoms with Crippen molar-refractivity contribution in [3.63, 3.8) is 0 Å². The maximum atomic E-state index is 13.9. The van der Waals surface area contributed by atoms with Crippen LogP contribution < -0.4 is 34.6 Å². The van der Waals surface area contributed by atoms with Gasteiger partial charge in [-0.25, -0.2) is 19.2 Å². The molecule has 11 rings (SSSR count). The number of carbonyl (C=O) groups is 1. The van der Waals surface area contributed by atoms with Crippen molar-refractivity contribution in [1.82, 2.24) is 29.1 Å². The monoisotopic (exact) mass is 1180 g/mol. The maximum absolute atomic E-state index is 13.9. The van der Waals surface area contributed by atoms with Crippen molar-refractivity contribution in [3.05, 3.63) is 212 Å². The minimum atomic E-state index is -4.82. The fourth-order valence-corrected chi connectivity index (χ4v) is 10.0. The molecule has 23 heteroatoms. The van der Waals surface area contributed by atoms with E-state index in [4.69, 9.17) is 38.0 Å². The summed E-state index contributed by atoms with van der Waals surface area (Å²) in [5.41, 5.74) is 1.57. The lowest BCUT2D eigenvalue weighted by Gasteiger charge is -2.26. The topological polar surface area (TPSA) is 159 Å². The first kappa shape index (κ1) is 59.2. The second kappa shape index (κ2) is 24.3. The highest BCUT2D eigenvalue weighted by Gasteiger charge is 2.39. The van der Waals surface area contributed by atoms with Crippen LogP contribution >= 0.6 is 0 Å². The lowest BCUT2D eigenvalue weighted by Crippen LogP contribution is -2.29. The van der Waals surface area contributed by atoms with E-state index in [1.54, 1.807) is 71.4 Å². The van der Waals surface area contributed by atoms with Crippen molar-refractivity contribution < 1.29 is 58.6 Å². The molecule has 0 atom stereocenters. The standard InChI is InChI=1S/C35H31F3N4O4.C28H25F4N5O3/c1-22-8-17-30(46-22)32-28-18-31(43)42(21-25-6-4-5-7-29(25)35(36,37)38)33(28)40-34(39-32)41(19-23-9-13-26(44-2)14-10-23)20-24-11-15-27(45-3)16-12-24;1-16-5-12-22(40-16)23-24-25(34-26(33-23)35(2)14-17-6-10-20(39-4)11-7-17)37(27(38)36(24)3)15-18-8-9-19(29)13-21(18)28(30,31)32/h4-17H,18-21H2,1-3H3;5-13H,14-15H2,1-4H3. The first-order valence-electron chi connectivity index (χ1n) is 26.8. The molecule has 1 aliphatic rings. The first-order chi connectivity index (χ1) is 41.1. The van der Waals surface area contributed by atoms with Crippen LogP contribution in [0.1, 0.15) is 56.0 Å². The van der Waals surface area contributed by atoms with Crippen molar-refractivity contribution in [1.29, 1.82) is 0 Å². The summed E-state index contributed by atoms with van der Waals surface area (Å²) < 4.78 is 127. The number of halogens is 7. The van der Waals surface area contributed by atoms with Crippen LogP contribution in [0.15, 0.2) is 153 Å². The molecular weight excluding hydrogens is 1130 g/mol. The van der Waals surface area contributed by atoms with E-state index < -0.39 is 41.5 Å². The maximum Gasteiger partial charge on any atom is 0.416 e. The Hall–Kier alpha value is -9.93. The molecule has 0 radical (unpaired) electrons. The SMILES string of the molecule is COc1ccc(CN(C)c2nc(-c3ccc(C)o3)c3c(n2)n(Cc2ccc(F)cc2C(F)(F)F)c(=O)n3C)cc1.COc1ccc(CN(Cc2ccc(OC)cc2)c2nc(-c3ccc(C)o3)c3c(n2)N(Cc2ccccc2C(F)(F)F)C(=O)C3)cc1. The molecule has 5 aromatic heterocycles. The number of hydrogen-bond acceptors (Lipinski definition) is 13. The summed E-state index contributed by atoms with van der Waals surface area (Å²) in [4.78, 5) is 51.0. The van der Waals surface area contributed by atoms with Crippen molar-refractivity contribution in [2.45, 2.75) is 65.3 Å². The highest BCUT2D eigenvalue weighted by atomic mass is 19.4. The summed E-state index contributed by atoms with van der Waals surface area (Å²) in [5, 5.41) is 0. The first-order valence-corrected chi connectivity index (χ1v) is 26.8. The second-order valence-electron chi connectivity index (χ2n) is 20.3. The number of aryl methyl sites for hydroxylation is 3. The Morgan fingerprint density at radius 2 is 1.09 bits per heavy atom. The summed E-state index contributed by atoms with van der Waals surface area (Å²) in [6.07, 6.45) is -9.47. The van der Waals surface area contributed by atoms with E-state index in [2.05, 4.69) is 4.98 Å². The molecule has 10 aromatic rings. The van der Waals surface area contributed by atoms with E-state index in [1.807, 2.05) is 77.7 Å². The van der Waals surface area contributed by atoms with Crippen LogP contribution in [0.3, 0.4) is 0 Å². The number of carbonyl (C=O) groups excluding carboxylic acids is 1. The number of anilines is 3. The second-order valence-corrected chi connectivity index (χ2v) is 20.3. The quantitative estimate of drug-likeness (QED) is 0.0794. The molecule has 1 amide bonds. The highest BCUT2D eigenvalue weighted by Crippen LogP contribution is 2.41. The van der Waals surface area contributed by atoms with Crippen LogP contribution in [0.5, 0.6) is 17.2 Å². The Morgan fingerprint density at radius 1 is 0.581 bits per heavy atom. The van der Waals surface area contributed by atoms with Gasteiger partial charge in [-0.3, -0.25) is 18.8 Å². The largest absolute Gasteiger partial charge is 0.497 e. The molecule has 0 saturated carbocycles. The van der Waals surface area contributed by atoms with Crippen molar-refractivity contribution in [3.8, 4) is 40.2 Å². The lowest BCUT2D eigenvalue weighted by atomic mass is 10.1. The molecule has 86 heavy (non-hydrogen) atoms. The summed E-state index contributed by atoms with van der Waals surface area (Å²) in [6.45, 7) is 3.94. The molecule has 0 spiro atoms. The van der Waals surface area contributed by atoms with Gasteiger partial charge in [-0.1, -0.05) is 60.7 Å². The number of fused-ring (bicyclic) bond motifs is 2. The summed E-state index contributed by atoms with van der Waals surface area (Å²) in [7, 11) is 8.02. The number of furan rings is 2. The number of ether oxygens (including phenoxy) is 3. The van der Waals surface area contributed by atoms with Gasteiger partial charge in [0.1, 0.15) is 57.3 Å². The third kappa shape index (κ3) is 12.8. The van der Waals surface area contributed by atoms with Gasteiger partial charge in [0.15, 0.2) is 17.2 Å². The molecule has 1 aliphatic heterocycles. The van der Waals surface area contributed by atoms with Crippen LogP contribution in [-0.4, -0.2) is 63.4 Å². The van der Waals surface area contributed by atoms with Crippen LogP contribution in [0.25, 0.3) is 34.1 Å². The Kier molecular flexibility index (Phi) is 16.8. The zero-order chi connectivity index (χ0) is 61.2. The lowest BCUT2D eigenvalue weighted by molar-refractivity contribution is -0.139. The zero-order valence-corrected chi connectivity index (χ0v) is 47.6. The van der Waals surface area contributed by atoms with Crippen molar-refractivity contribution >= 4 is 34.8 Å². The van der Waals surface area contributed by atoms with Crippen LogP contribution in [0.4, 0.5) is 48.4 Å². The number of imidazole rings is 1. The number of alkyl halides is 6. The smallest absolute Gasteiger partial charge is 0.416 e. The van der Waals surface area contributed by atoms with E-state index in [-0.39, 0.29) is 52.9 Å². The summed E-state index contributed by atoms with van der Waals surface area (Å²) in [5.74, 6) is 3.56. The number of benzene rings is 5. The molecule has 0 aliphatic carbocycles. The van der Waals surface area contributed by atoms with E-state index in [0.717, 1.165) is 39.5 Å². The molecule has 6 heterocycles. The minimum absolute atomic E-state index is 0.0277. The third-order valence-corrected chi connectivity index (χ3v) is 14.4. The molecule has 0 saturated heterocycles.